The van der Waals surface area contributed by atoms with Gasteiger partial charge in [-0.05, 0) is 54.8 Å². The minimum absolute atomic E-state index is 0.0515. The number of esters is 1. The van der Waals surface area contributed by atoms with Crippen LogP contribution < -0.4 is 25.4 Å². The number of ether oxygens (including phenoxy) is 3. The fourth-order valence-corrected chi connectivity index (χ4v) is 6.83. The molecule has 0 saturated carbocycles. The van der Waals surface area contributed by atoms with E-state index in [0.29, 0.717) is 68.3 Å². The number of nitrogens with zero attached hydrogens (tertiary/aromatic N) is 4. The number of carbonyl (C=O) groups is 3. The smallest absolute Gasteiger partial charge is 0.337 e. The Morgan fingerprint density at radius 2 is 1.86 bits per heavy atom. The average molecular weight is 633 g/mol. The first kappa shape index (κ1) is 30.6. The van der Waals surface area contributed by atoms with Gasteiger partial charge in [0.05, 0.1) is 50.2 Å². The Hall–Kier alpha value is -4.87. The molecule has 0 radical (unpaired) electrons. The van der Waals surface area contributed by atoms with E-state index in [9.17, 15) is 19.6 Å². The summed E-state index contributed by atoms with van der Waals surface area (Å²) in [5.41, 5.74) is 9.63. The van der Waals surface area contributed by atoms with Gasteiger partial charge in [0.2, 0.25) is 11.0 Å². The summed E-state index contributed by atoms with van der Waals surface area (Å²) in [4.78, 5) is 39.3. The van der Waals surface area contributed by atoms with Crippen molar-refractivity contribution in [3.63, 3.8) is 0 Å². The molecule has 1 unspecified atom stereocenters. The van der Waals surface area contributed by atoms with Gasteiger partial charge in [0.25, 0.3) is 0 Å². The molecule has 0 fully saturated rings. The van der Waals surface area contributed by atoms with Crippen LogP contribution in [0.3, 0.4) is 0 Å². The Balaban J connectivity index is 1.38. The van der Waals surface area contributed by atoms with E-state index < -0.39 is 11.9 Å². The lowest BCUT2D eigenvalue weighted by atomic mass is 9.75. The van der Waals surface area contributed by atoms with E-state index >= 15 is 0 Å². The summed E-state index contributed by atoms with van der Waals surface area (Å²) in [6.07, 6.45) is 1.54. The predicted octanol–water partition coefficient (Wildman–Crippen LogP) is 4.38. The van der Waals surface area contributed by atoms with Crippen LogP contribution in [0, 0.1) is 11.3 Å². The molecule has 2 heterocycles. The first-order chi connectivity index (χ1) is 21.3. The number of amides is 1. The topological polar surface area (TPSA) is 170 Å². The maximum absolute atomic E-state index is 13.4. The molecule has 1 amide bonds. The Kier molecular flexibility index (Phi) is 9.17. The molecular weight excluding hydrogens is 605 g/mol. The molecule has 12 nitrogen and oxygen atoms in total. The summed E-state index contributed by atoms with van der Waals surface area (Å²) in [6.45, 7) is 0. The number of thioether (sulfide) groups is 1. The Labute approximate surface area is 261 Å². The van der Waals surface area contributed by atoms with Crippen molar-refractivity contribution in [3.8, 4) is 17.6 Å². The van der Waals surface area contributed by atoms with E-state index in [0.717, 1.165) is 0 Å². The zero-order valence-electron chi connectivity index (χ0n) is 24.1. The van der Waals surface area contributed by atoms with E-state index in [4.69, 9.17) is 15.2 Å². The van der Waals surface area contributed by atoms with Gasteiger partial charge in [-0.3, -0.25) is 14.5 Å². The van der Waals surface area contributed by atoms with Gasteiger partial charge in [-0.15, -0.1) is 10.2 Å². The summed E-state index contributed by atoms with van der Waals surface area (Å²) in [6, 6.07) is 13.9. The standard InChI is InChI=1S/C30H28N6O6S2/c1-40-22-12-9-17(13-23(22)41-2)25-19(14-31)27(32)36(20-5-4-6-21(37)26(20)25)29-34-35-30(44-29)43-15-24(38)33-18-10-7-16(8-11-18)28(39)42-3/h7-13,25H,4-6,15,32H2,1-3H3,(H,33,38). The molecule has 3 N–H and O–H groups in total. The normalized spacial score (nSPS) is 16.3. The number of aromatic nitrogens is 2. The number of anilines is 2. The van der Waals surface area contributed by atoms with Crippen molar-refractivity contribution in [2.45, 2.75) is 29.5 Å². The minimum atomic E-state index is -0.675. The lowest BCUT2D eigenvalue weighted by Gasteiger charge is -2.38. The van der Waals surface area contributed by atoms with Crippen LogP contribution in [-0.2, 0) is 14.3 Å². The molecule has 1 aliphatic carbocycles. The number of carbonyl (C=O) groups excluding carboxylic acids is 3. The molecule has 5 rings (SSSR count). The third-order valence-corrected chi connectivity index (χ3v) is 9.20. The summed E-state index contributed by atoms with van der Waals surface area (Å²) in [7, 11) is 4.36. The number of nitrogens with two attached hydrogens (primary N) is 1. The number of benzene rings is 2. The molecule has 0 saturated heterocycles. The van der Waals surface area contributed by atoms with Crippen molar-refractivity contribution in [1.29, 1.82) is 5.26 Å². The third kappa shape index (κ3) is 5.97. The minimum Gasteiger partial charge on any atom is -0.493 e. The molecule has 2 aromatic carbocycles. The molecule has 1 atom stereocenters. The molecule has 3 aromatic rings. The van der Waals surface area contributed by atoms with Gasteiger partial charge < -0.3 is 25.3 Å². The highest BCUT2D eigenvalue weighted by Crippen LogP contribution is 2.48. The van der Waals surface area contributed by atoms with E-state index in [1.165, 1.54) is 44.4 Å². The average Bonchev–Trinajstić information content (AvgIpc) is 3.51. The summed E-state index contributed by atoms with van der Waals surface area (Å²) >= 11 is 2.39. The Bertz CT molecular complexity index is 1730. The van der Waals surface area contributed by atoms with Crippen LogP contribution in [-0.4, -0.2) is 54.9 Å². The zero-order valence-corrected chi connectivity index (χ0v) is 25.7. The van der Waals surface area contributed by atoms with E-state index in [1.54, 1.807) is 47.4 Å². The number of nitriles is 1. The van der Waals surface area contributed by atoms with Crippen LogP contribution in [0.4, 0.5) is 10.8 Å². The molecule has 14 heteroatoms. The number of hydrogen-bond acceptors (Lipinski definition) is 13. The van der Waals surface area contributed by atoms with Crippen LogP contribution in [0.15, 0.2) is 69.5 Å². The summed E-state index contributed by atoms with van der Waals surface area (Å²) in [5.74, 6) is -0.259. The lowest BCUT2D eigenvalue weighted by Crippen LogP contribution is -2.38. The second-order valence-corrected chi connectivity index (χ2v) is 11.9. The largest absolute Gasteiger partial charge is 0.493 e. The van der Waals surface area contributed by atoms with Gasteiger partial charge in [0.15, 0.2) is 21.6 Å². The van der Waals surface area contributed by atoms with Gasteiger partial charge in [-0.1, -0.05) is 29.2 Å². The van der Waals surface area contributed by atoms with E-state index in [-0.39, 0.29) is 28.8 Å². The summed E-state index contributed by atoms with van der Waals surface area (Å²) in [5, 5.41) is 22.0. The number of ketones is 1. The van der Waals surface area contributed by atoms with Gasteiger partial charge in [0, 0.05) is 23.4 Å². The molecule has 226 valence electrons. The number of rotatable bonds is 9. The Morgan fingerprint density at radius 1 is 1.11 bits per heavy atom. The molecule has 0 bridgehead atoms. The number of hydrogen-bond donors (Lipinski definition) is 2. The molecule has 1 aromatic heterocycles. The first-order valence-electron chi connectivity index (χ1n) is 13.4. The van der Waals surface area contributed by atoms with Crippen LogP contribution in [0.25, 0.3) is 0 Å². The highest BCUT2D eigenvalue weighted by molar-refractivity contribution is 8.01. The van der Waals surface area contributed by atoms with Crippen LogP contribution in [0.1, 0.15) is 41.1 Å². The second-order valence-electron chi connectivity index (χ2n) is 9.69. The van der Waals surface area contributed by atoms with Crippen LogP contribution in [0.2, 0.25) is 0 Å². The van der Waals surface area contributed by atoms with Crippen molar-refractivity contribution in [2.75, 3.05) is 37.3 Å². The van der Waals surface area contributed by atoms with Crippen LogP contribution >= 0.6 is 23.1 Å². The first-order valence-corrected chi connectivity index (χ1v) is 15.2. The number of Topliss-reactive ketones (excluding diaryl/α,β-unsaturated/α-hetero) is 1. The maximum Gasteiger partial charge on any atom is 0.337 e. The zero-order chi connectivity index (χ0) is 31.4. The number of methoxy groups -OCH3 is 3. The highest BCUT2D eigenvalue weighted by Gasteiger charge is 2.41. The predicted molar refractivity (Wildman–Crippen MR) is 165 cm³/mol. The van der Waals surface area contributed by atoms with E-state index in [2.05, 4.69) is 26.3 Å². The number of nitrogens with one attached hydrogen (secondary N) is 1. The Morgan fingerprint density at radius 3 is 2.55 bits per heavy atom. The molecule has 2 aliphatic rings. The molecule has 44 heavy (non-hydrogen) atoms. The van der Waals surface area contributed by atoms with Crippen molar-refractivity contribution in [3.05, 3.63) is 76.3 Å². The molecule has 1 aliphatic heterocycles. The molecular formula is C30H28N6O6S2. The summed E-state index contributed by atoms with van der Waals surface area (Å²) < 4.78 is 16.0. The van der Waals surface area contributed by atoms with Crippen LogP contribution in [0.5, 0.6) is 11.5 Å². The lowest BCUT2D eigenvalue weighted by molar-refractivity contribution is -0.116. The van der Waals surface area contributed by atoms with Crippen molar-refractivity contribution >= 4 is 51.6 Å². The fourth-order valence-electron chi connectivity index (χ4n) is 5.15. The monoisotopic (exact) mass is 632 g/mol. The van der Waals surface area contributed by atoms with Crippen molar-refractivity contribution in [1.82, 2.24) is 10.2 Å². The van der Waals surface area contributed by atoms with Gasteiger partial charge in [0.1, 0.15) is 5.82 Å². The van der Waals surface area contributed by atoms with Crippen molar-refractivity contribution in [2.24, 2.45) is 5.73 Å². The fraction of sp³-hybridized carbons (Fsp3) is 0.267. The van der Waals surface area contributed by atoms with Gasteiger partial charge in [-0.25, -0.2) is 4.79 Å². The van der Waals surface area contributed by atoms with Gasteiger partial charge >= 0.3 is 5.97 Å². The third-order valence-electron chi connectivity index (χ3n) is 7.16. The van der Waals surface area contributed by atoms with Gasteiger partial charge in [-0.2, -0.15) is 5.26 Å². The van der Waals surface area contributed by atoms with E-state index in [1.807, 2.05) is 0 Å². The highest BCUT2D eigenvalue weighted by atomic mass is 32.2. The van der Waals surface area contributed by atoms with Crippen molar-refractivity contribution < 1.29 is 28.6 Å². The quantitative estimate of drug-likeness (QED) is 0.253. The number of allylic oxidation sites excluding steroid dienone is 3. The SMILES string of the molecule is COC(=O)c1ccc(NC(=O)CSc2nnc(N3C(N)=C(C#N)C(c4ccc(OC)c(OC)c4)C4=C3CCCC4=O)s2)cc1. The molecule has 0 spiro atoms. The maximum atomic E-state index is 13.4. The second kappa shape index (κ2) is 13.2.